The van der Waals surface area contributed by atoms with Gasteiger partial charge in [-0.15, -0.1) is 0 Å². The van der Waals surface area contributed by atoms with Crippen LogP contribution < -0.4 is 16.0 Å². The fourth-order valence-electron chi connectivity index (χ4n) is 8.85. The number of nitrogens with one attached hydrogen (secondary N) is 3. The Morgan fingerprint density at radius 3 is 1.84 bits per heavy atom. The molecule has 31 heavy (non-hydrogen) atoms. The fraction of sp³-hybridized carbons (Fsp3) is 0.920. The van der Waals surface area contributed by atoms with E-state index in [1.165, 1.54) is 57.8 Å². The third-order valence-corrected chi connectivity index (χ3v) is 9.65. The van der Waals surface area contributed by atoms with Crippen LogP contribution in [0.2, 0.25) is 0 Å². The van der Waals surface area contributed by atoms with E-state index in [0.29, 0.717) is 6.04 Å². The smallest absolute Gasteiger partial charge is 0.318 e. The van der Waals surface area contributed by atoms with Crippen LogP contribution >= 0.6 is 0 Å². The molecule has 6 bridgehead atoms. The number of carbonyl (C=O) groups is 2. The minimum absolute atomic E-state index is 0.0476. The second-order valence-corrected chi connectivity index (χ2v) is 12.0. The SMILES string of the molecule is O=C(NC1C[C@@H]2CC[C@@H](C1)N2C(=O)NC1CCCCC1)NC12CC3CC(CC(C3)C1)C2. The molecule has 5 aliphatic carbocycles. The number of urea groups is 2. The van der Waals surface area contributed by atoms with Crippen LogP contribution in [0.25, 0.3) is 0 Å². The monoisotopic (exact) mass is 428 g/mol. The molecular formula is C25H40N4O2. The highest BCUT2D eigenvalue weighted by molar-refractivity contribution is 5.77. The maximum Gasteiger partial charge on any atom is 0.318 e. The largest absolute Gasteiger partial charge is 0.335 e. The van der Waals surface area contributed by atoms with Gasteiger partial charge in [-0.2, -0.15) is 0 Å². The number of carbonyl (C=O) groups excluding carboxylic acids is 2. The first kappa shape index (κ1) is 20.2. The number of hydrogen-bond donors (Lipinski definition) is 3. The lowest BCUT2D eigenvalue weighted by atomic mass is 9.53. The van der Waals surface area contributed by atoms with Crippen LogP contribution in [0.4, 0.5) is 9.59 Å². The zero-order valence-electron chi connectivity index (χ0n) is 18.9. The summed E-state index contributed by atoms with van der Waals surface area (Å²) in [5.41, 5.74) is 0.0679. The van der Waals surface area contributed by atoms with Crippen LogP contribution in [-0.2, 0) is 0 Å². The molecule has 0 aromatic heterocycles. The maximum atomic E-state index is 13.0. The zero-order chi connectivity index (χ0) is 21.0. The molecule has 0 aromatic carbocycles. The van der Waals surface area contributed by atoms with Gasteiger partial charge in [0.2, 0.25) is 0 Å². The average Bonchev–Trinajstić information content (AvgIpc) is 2.98. The second kappa shape index (κ2) is 7.84. The lowest BCUT2D eigenvalue weighted by Gasteiger charge is -2.56. The van der Waals surface area contributed by atoms with Crippen LogP contribution in [0.15, 0.2) is 0 Å². The third-order valence-electron chi connectivity index (χ3n) is 9.65. The molecule has 0 aromatic rings. The van der Waals surface area contributed by atoms with Gasteiger partial charge in [0.05, 0.1) is 0 Å². The number of fused-ring (bicyclic) bond motifs is 2. The Labute approximate surface area is 186 Å². The predicted molar refractivity (Wildman–Crippen MR) is 120 cm³/mol. The van der Waals surface area contributed by atoms with E-state index in [-0.39, 0.29) is 35.7 Å². The average molecular weight is 429 g/mol. The number of amides is 4. The van der Waals surface area contributed by atoms with E-state index in [0.717, 1.165) is 56.3 Å². The number of hydrogen-bond acceptors (Lipinski definition) is 2. The molecule has 7 rings (SSSR count). The van der Waals surface area contributed by atoms with Crippen molar-refractivity contribution < 1.29 is 9.59 Å². The highest BCUT2D eigenvalue weighted by atomic mass is 16.2. The van der Waals surface area contributed by atoms with Gasteiger partial charge < -0.3 is 20.9 Å². The van der Waals surface area contributed by atoms with Crippen molar-refractivity contribution in [3.8, 4) is 0 Å². The Hall–Kier alpha value is -1.46. The van der Waals surface area contributed by atoms with E-state index in [9.17, 15) is 9.59 Å². The molecule has 172 valence electrons. The standard InChI is InChI=1S/C25H40N4O2/c30-23(28-25-13-16-8-17(14-25)10-18(9-16)15-25)26-20-11-21-6-7-22(12-20)29(21)24(31)27-19-4-2-1-3-5-19/h16-22H,1-15H2,(H,27,31)(H2,26,28,30)/t16?,17?,18?,21-,22-,25?/m0/s1. The fourth-order valence-corrected chi connectivity index (χ4v) is 8.85. The Morgan fingerprint density at radius 1 is 0.677 bits per heavy atom. The first-order valence-electron chi connectivity index (χ1n) is 13.2. The van der Waals surface area contributed by atoms with E-state index in [2.05, 4.69) is 20.9 Å². The van der Waals surface area contributed by atoms with Crippen LogP contribution in [0, 0.1) is 17.8 Å². The van der Waals surface area contributed by atoms with E-state index in [4.69, 9.17) is 0 Å². The molecule has 0 spiro atoms. The van der Waals surface area contributed by atoms with Crippen molar-refractivity contribution >= 4 is 12.1 Å². The summed E-state index contributed by atoms with van der Waals surface area (Å²) in [5.74, 6) is 2.52. The summed E-state index contributed by atoms with van der Waals surface area (Å²) in [5, 5.41) is 10.1. The molecule has 2 atom stereocenters. The van der Waals surface area contributed by atoms with Gasteiger partial charge in [0, 0.05) is 29.7 Å². The molecule has 6 nitrogen and oxygen atoms in total. The first-order valence-corrected chi connectivity index (χ1v) is 13.2. The van der Waals surface area contributed by atoms with Crippen molar-refractivity contribution in [2.24, 2.45) is 17.8 Å². The van der Waals surface area contributed by atoms with Crippen LogP contribution in [0.3, 0.4) is 0 Å². The summed E-state index contributed by atoms with van der Waals surface area (Å²) in [4.78, 5) is 28.1. The molecule has 0 radical (unpaired) electrons. The quantitative estimate of drug-likeness (QED) is 0.627. The first-order chi connectivity index (χ1) is 15.1. The van der Waals surface area contributed by atoms with Gasteiger partial charge in [0.25, 0.3) is 0 Å². The molecular weight excluding hydrogens is 388 g/mol. The molecule has 6 heteroatoms. The normalized spacial score (nSPS) is 43.7. The molecule has 0 unspecified atom stereocenters. The van der Waals surface area contributed by atoms with Crippen LogP contribution in [0.1, 0.15) is 96.3 Å². The Morgan fingerprint density at radius 2 is 1.26 bits per heavy atom. The van der Waals surface area contributed by atoms with Crippen LogP contribution in [-0.4, -0.2) is 46.7 Å². The summed E-state index contributed by atoms with van der Waals surface area (Å²) in [7, 11) is 0. The molecule has 7 fully saturated rings. The number of rotatable bonds is 3. The number of piperidine rings is 1. The van der Waals surface area contributed by atoms with E-state index in [1.54, 1.807) is 0 Å². The summed E-state index contributed by atoms with van der Waals surface area (Å²) in [6, 6.07) is 1.33. The van der Waals surface area contributed by atoms with Crippen molar-refractivity contribution in [1.29, 1.82) is 0 Å². The molecule has 4 amide bonds. The highest BCUT2D eigenvalue weighted by Gasteiger charge is 2.52. The molecule has 2 aliphatic heterocycles. The highest BCUT2D eigenvalue weighted by Crippen LogP contribution is 2.55. The Kier molecular flexibility index (Phi) is 5.10. The van der Waals surface area contributed by atoms with E-state index in [1.807, 2.05) is 0 Å². The molecule has 2 saturated heterocycles. The van der Waals surface area contributed by atoms with Crippen LogP contribution in [0.5, 0.6) is 0 Å². The minimum atomic E-state index is 0.0476. The van der Waals surface area contributed by atoms with Crippen molar-refractivity contribution in [3.05, 3.63) is 0 Å². The van der Waals surface area contributed by atoms with Crippen molar-refractivity contribution in [2.45, 2.75) is 126 Å². The van der Waals surface area contributed by atoms with Gasteiger partial charge in [0.15, 0.2) is 0 Å². The summed E-state index contributed by atoms with van der Waals surface area (Å²) < 4.78 is 0. The number of nitrogens with zero attached hydrogens (tertiary/aromatic N) is 1. The Bertz CT molecular complexity index is 669. The van der Waals surface area contributed by atoms with Gasteiger partial charge in [-0.05, 0) is 94.8 Å². The van der Waals surface area contributed by atoms with Crippen molar-refractivity contribution in [1.82, 2.24) is 20.9 Å². The lowest BCUT2D eigenvalue weighted by molar-refractivity contribution is -0.0138. The van der Waals surface area contributed by atoms with Crippen molar-refractivity contribution in [2.75, 3.05) is 0 Å². The zero-order valence-corrected chi connectivity index (χ0v) is 18.9. The Balaban J connectivity index is 1.03. The second-order valence-electron chi connectivity index (χ2n) is 12.0. The van der Waals surface area contributed by atoms with Gasteiger partial charge in [-0.25, -0.2) is 9.59 Å². The van der Waals surface area contributed by atoms with Gasteiger partial charge in [0.1, 0.15) is 0 Å². The molecule has 7 aliphatic rings. The van der Waals surface area contributed by atoms with Gasteiger partial charge in [-0.1, -0.05) is 19.3 Å². The summed E-state index contributed by atoms with van der Waals surface area (Å²) in [6.07, 6.45) is 17.8. The molecule has 2 heterocycles. The minimum Gasteiger partial charge on any atom is -0.335 e. The summed E-state index contributed by atoms with van der Waals surface area (Å²) >= 11 is 0. The molecule has 3 N–H and O–H groups in total. The van der Waals surface area contributed by atoms with Gasteiger partial charge >= 0.3 is 12.1 Å². The van der Waals surface area contributed by atoms with E-state index >= 15 is 0 Å². The topological polar surface area (TPSA) is 73.5 Å². The molecule has 5 saturated carbocycles. The third kappa shape index (κ3) is 3.93. The predicted octanol–water partition coefficient (Wildman–Crippen LogP) is 4.29. The van der Waals surface area contributed by atoms with Gasteiger partial charge in [-0.3, -0.25) is 0 Å². The van der Waals surface area contributed by atoms with E-state index < -0.39 is 0 Å². The maximum absolute atomic E-state index is 13.0. The van der Waals surface area contributed by atoms with Crippen molar-refractivity contribution in [3.63, 3.8) is 0 Å². The lowest BCUT2D eigenvalue weighted by Crippen LogP contribution is -2.63. The summed E-state index contributed by atoms with van der Waals surface area (Å²) in [6.45, 7) is 0.